The van der Waals surface area contributed by atoms with Gasteiger partial charge in [0.15, 0.2) is 0 Å². The van der Waals surface area contributed by atoms with E-state index in [1.165, 1.54) is 37.2 Å². The van der Waals surface area contributed by atoms with E-state index in [4.69, 9.17) is 0 Å². The first-order valence-corrected chi connectivity index (χ1v) is 7.72. The van der Waals surface area contributed by atoms with Crippen LogP contribution in [-0.4, -0.2) is 40.9 Å². The van der Waals surface area contributed by atoms with E-state index in [1.807, 2.05) is 0 Å². The van der Waals surface area contributed by atoms with E-state index < -0.39 is 0 Å². The van der Waals surface area contributed by atoms with Crippen molar-refractivity contribution in [2.45, 2.75) is 58.7 Å². The fraction of sp³-hybridized carbons (Fsp3) is 0.800. The molecule has 1 aliphatic heterocycles. The summed E-state index contributed by atoms with van der Waals surface area (Å²) in [7, 11) is 2.05. The van der Waals surface area contributed by atoms with Gasteiger partial charge in [0.05, 0.1) is 11.4 Å². The van der Waals surface area contributed by atoms with Crippen molar-refractivity contribution in [2.75, 3.05) is 20.1 Å². The van der Waals surface area contributed by atoms with Crippen LogP contribution in [0.4, 0.5) is 0 Å². The Balaban J connectivity index is 2.07. The SMILES string of the molecule is CCc1cc(CN2CCCCC2CNC)n(CC)n1. The van der Waals surface area contributed by atoms with E-state index >= 15 is 0 Å². The number of hydrogen-bond donors (Lipinski definition) is 1. The van der Waals surface area contributed by atoms with Crippen LogP contribution >= 0.6 is 0 Å². The topological polar surface area (TPSA) is 33.1 Å². The number of likely N-dealkylation sites (N-methyl/N-ethyl adjacent to an activating group) is 1. The van der Waals surface area contributed by atoms with Crippen molar-refractivity contribution in [3.63, 3.8) is 0 Å². The molecule has 2 heterocycles. The van der Waals surface area contributed by atoms with Crippen molar-refractivity contribution >= 4 is 0 Å². The van der Waals surface area contributed by atoms with E-state index in [2.05, 4.69) is 47.0 Å². The highest BCUT2D eigenvalue weighted by Crippen LogP contribution is 2.19. The van der Waals surface area contributed by atoms with Gasteiger partial charge in [-0.1, -0.05) is 13.3 Å². The standard InChI is InChI=1S/C15H28N4/c1-4-13-10-15(19(5-2)17-13)12-18-9-7-6-8-14(18)11-16-3/h10,14,16H,4-9,11-12H2,1-3H3. The normalized spacial score (nSPS) is 20.9. The molecule has 1 aromatic rings. The van der Waals surface area contributed by atoms with Crippen LogP contribution in [0.1, 0.15) is 44.5 Å². The lowest BCUT2D eigenvalue weighted by molar-refractivity contribution is 0.135. The van der Waals surface area contributed by atoms with E-state index in [0.29, 0.717) is 6.04 Å². The minimum atomic E-state index is 0.684. The molecule has 1 aromatic heterocycles. The first-order valence-electron chi connectivity index (χ1n) is 7.72. The molecule has 1 aliphatic rings. The van der Waals surface area contributed by atoms with Crippen LogP contribution < -0.4 is 5.32 Å². The Hall–Kier alpha value is -0.870. The number of hydrogen-bond acceptors (Lipinski definition) is 3. The molecule has 19 heavy (non-hydrogen) atoms. The van der Waals surface area contributed by atoms with Crippen molar-refractivity contribution in [2.24, 2.45) is 0 Å². The van der Waals surface area contributed by atoms with Gasteiger partial charge in [-0.3, -0.25) is 9.58 Å². The lowest BCUT2D eigenvalue weighted by atomic mass is 10.0. The third kappa shape index (κ3) is 3.57. The van der Waals surface area contributed by atoms with Gasteiger partial charge in [0, 0.05) is 25.7 Å². The lowest BCUT2D eigenvalue weighted by Crippen LogP contribution is -2.44. The highest BCUT2D eigenvalue weighted by atomic mass is 15.3. The second-order valence-corrected chi connectivity index (χ2v) is 5.47. The minimum absolute atomic E-state index is 0.684. The summed E-state index contributed by atoms with van der Waals surface area (Å²) < 4.78 is 2.17. The van der Waals surface area contributed by atoms with Crippen LogP contribution in [0.25, 0.3) is 0 Å². The van der Waals surface area contributed by atoms with Crippen LogP contribution in [-0.2, 0) is 19.5 Å². The summed E-state index contributed by atoms with van der Waals surface area (Å²) in [5.74, 6) is 0. The number of likely N-dealkylation sites (tertiary alicyclic amines) is 1. The molecule has 0 radical (unpaired) electrons. The molecule has 4 heteroatoms. The van der Waals surface area contributed by atoms with Gasteiger partial charge in [0.1, 0.15) is 0 Å². The number of rotatable bonds is 6. The van der Waals surface area contributed by atoms with E-state index in [1.54, 1.807) is 0 Å². The Bertz CT molecular complexity index is 383. The predicted molar refractivity (Wildman–Crippen MR) is 79.3 cm³/mol. The molecule has 0 amide bonds. The zero-order valence-corrected chi connectivity index (χ0v) is 12.7. The average molecular weight is 264 g/mol. The Morgan fingerprint density at radius 3 is 2.89 bits per heavy atom. The van der Waals surface area contributed by atoms with Gasteiger partial charge in [-0.05, 0) is 45.8 Å². The van der Waals surface area contributed by atoms with Crippen LogP contribution in [0.5, 0.6) is 0 Å². The average Bonchev–Trinajstić information content (AvgIpc) is 2.83. The van der Waals surface area contributed by atoms with E-state index in [-0.39, 0.29) is 0 Å². The summed E-state index contributed by atoms with van der Waals surface area (Å²) in [4.78, 5) is 2.63. The molecule has 0 saturated carbocycles. The van der Waals surface area contributed by atoms with Crippen LogP contribution in [0, 0.1) is 0 Å². The zero-order valence-electron chi connectivity index (χ0n) is 12.7. The fourth-order valence-electron chi connectivity index (χ4n) is 3.03. The van der Waals surface area contributed by atoms with Crippen LogP contribution in [0.2, 0.25) is 0 Å². The second kappa shape index (κ2) is 7.06. The molecular weight excluding hydrogens is 236 g/mol. The van der Waals surface area contributed by atoms with Gasteiger partial charge < -0.3 is 5.32 Å². The fourth-order valence-corrected chi connectivity index (χ4v) is 3.03. The second-order valence-electron chi connectivity index (χ2n) is 5.47. The van der Waals surface area contributed by atoms with Gasteiger partial charge in [-0.15, -0.1) is 0 Å². The number of aromatic nitrogens is 2. The molecule has 1 saturated heterocycles. The van der Waals surface area contributed by atoms with Crippen LogP contribution in [0.3, 0.4) is 0 Å². The number of aryl methyl sites for hydroxylation is 2. The maximum atomic E-state index is 4.66. The Morgan fingerprint density at radius 2 is 2.21 bits per heavy atom. The third-order valence-electron chi connectivity index (χ3n) is 4.13. The van der Waals surface area contributed by atoms with E-state index in [0.717, 1.165) is 26.1 Å². The summed E-state index contributed by atoms with van der Waals surface area (Å²) in [6.07, 6.45) is 5.05. The molecule has 1 fully saturated rings. The smallest absolute Gasteiger partial charge is 0.0625 e. The van der Waals surface area contributed by atoms with Gasteiger partial charge in [0.2, 0.25) is 0 Å². The zero-order chi connectivity index (χ0) is 13.7. The quantitative estimate of drug-likeness (QED) is 0.853. The minimum Gasteiger partial charge on any atom is -0.318 e. The lowest BCUT2D eigenvalue weighted by Gasteiger charge is -2.35. The van der Waals surface area contributed by atoms with Crippen molar-refractivity contribution in [3.05, 3.63) is 17.5 Å². The summed E-state index contributed by atoms with van der Waals surface area (Å²) in [5, 5.41) is 7.99. The molecule has 0 bridgehead atoms. The molecule has 0 aliphatic carbocycles. The van der Waals surface area contributed by atoms with E-state index in [9.17, 15) is 0 Å². The molecular formula is C15H28N4. The largest absolute Gasteiger partial charge is 0.318 e. The first-order chi connectivity index (χ1) is 9.28. The highest BCUT2D eigenvalue weighted by molar-refractivity contribution is 5.11. The Labute approximate surface area is 117 Å². The molecule has 0 aromatic carbocycles. The molecule has 1 N–H and O–H groups in total. The van der Waals surface area contributed by atoms with Crippen LogP contribution in [0.15, 0.2) is 6.07 Å². The number of piperidine rings is 1. The van der Waals surface area contributed by atoms with Crippen molar-refractivity contribution in [1.29, 1.82) is 0 Å². The predicted octanol–water partition coefficient (Wildman–Crippen LogP) is 2.04. The Morgan fingerprint density at radius 1 is 1.37 bits per heavy atom. The molecule has 0 spiro atoms. The van der Waals surface area contributed by atoms with Crippen molar-refractivity contribution in [3.8, 4) is 0 Å². The number of nitrogens with zero attached hydrogens (tertiary/aromatic N) is 3. The Kier molecular flexibility index (Phi) is 5.40. The summed E-state index contributed by atoms with van der Waals surface area (Å²) >= 11 is 0. The van der Waals surface area contributed by atoms with Gasteiger partial charge in [-0.2, -0.15) is 5.10 Å². The molecule has 4 nitrogen and oxygen atoms in total. The third-order valence-corrected chi connectivity index (χ3v) is 4.13. The maximum Gasteiger partial charge on any atom is 0.0625 e. The number of nitrogens with one attached hydrogen (secondary N) is 1. The maximum absolute atomic E-state index is 4.66. The van der Waals surface area contributed by atoms with Gasteiger partial charge >= 0.3 is 0 Å². The van der Waals surface area contributed by atoms with Gasteiger partial charge in [0.25, 0.3) is 0 Å². The summed E-state index contributed by atoms with van der Waals surface area (Å²) in [5.41, 5.74) is 2.60. The van der Waals surface area contributed by atoms with Crippen molar-refractivity contribution < 1.29 is 0 Å². The molecule has 1 unspecified atom stereocenters. The summed E-state index contributed by atoms with van der Waals surface area (Å²) in [6.45, 7) is 8.70. The van der Waals surface area contributed by atoms with Crippen molar-refractivity contribution in [1.82, 2.24) is 20.0 Å². The highest BCUT2D eigenvalue weighted by Gasteiger charge is 2.22. The molecule has 2 rings (SSSR count). The van der Waals surface area contributed by atoms with Gasteiger partial charge in [-0.25, -0.2) is 0 Å². The first kappa shape index (κ1) is 14.5. The molecule has 108 valence electrons. The molecule has 1 atom stereocenters. The monoisotopic (exact) mass is 264 g/mol. The summed E-state index contributed by atoms with van der Waals surface area (Å²) in [6, 6.07) is 2.97.